The number of carbonyl (C=O) groups is 2. The van der Waals surface area contributed by atoms with Gasteiger partial charge in [0.1, 0.15) is 6.04 Å². The number of halogens is 1. The molecule has 2 rings (SSSR count). The first kappa shape index (κ1) is 19.9. The van der Waals surface area contributed by atoms with Crippen molar-refractivity contribution < 1.29 is 14.5 Å². The van der Waals surface area contributed by atoms with Crippen LogP contribution in [-0.4, -0.2) is 53.4 Å². The standard InChI is InChI=1S/C15H20N4O4.ClH/c1-10-9-16-6-7-18(10)15(21)11(2)17-14(20)12-4-3-5-13(8-12)19(22)23;/h3-5,8,10-11,16H,6-7,9H2,1-2H3,(H,17,20);1H/t10-,11?;/m1./s1. The summed E-state index contributed by atoms with van der Waals surface area (Å²) in [6, 6.07) is 4.80. The van der Waals surface area contributed by atoms with Gasteiger partial charge in [0, 0.05) is 43.4 Å². The Morgan fingerprint density at radius 3 is 2.79 bits per heavy atom. The third-order valence-electron chi connectivity index (χ3n) is 3.82. The molecule has 0 saturated carbocycles. The number of nitro groups is 1. The van der Waals surface area contributed by atoms with Gasteiger partial charge in [-0.1, -0.05) is 6.07 Å². The number of hydrogen-bond donors (Lipinski definition) is 2. The van der Waals surface area contributed by atoms with Crippen LogP contribution in [0.15, 0.2) is 24.3 Å². The van der Waals surface area contributed by atoms with Crippen molar-refractivity contribution in [2.45, 2.75) is 25.9 Å². The Morgan fingerprint density at radius 2 is 2.17 bits per heavy atom. The molecular formula is C15H21ClN4O4. The molecule has 9 heteroatoms. The minimum absolute atomic E-state index is 0. The van der Waals surface area contributed by atoms with E-state index < -0.39 is 16.9 Å². The number of carbonyl (C=O) groups excluding carboxylic acids is 2. The maximum absolute atomic E-state index is 12.4. The molecule has 2 N–H and O–H groups in total. The molecule has 24 heavy (non-hydrogen) atoms. The number of nitrogens with one attached hydrogen (secondary N) is 2. The minimum atomic E-state index is -0.692. The Labute approximate surface area is 146 Å². The molecule has 8 nitrogen and oxygen atoms in total. The van der Waals surface area contributed by atoms with Crippen LogP contribution >= 0.6 is 12.4 Å². The second kappa shape index (κ2) is 8.60. The third kappa shape index (κ3) is 4.65. The van der Waals surface area contributed by atoms with E-state index in [9.17, 15) is 19.7 Å². The highest BCUT2D eigenvalue weighted by Gasteiger charge is 2.28. The predicted molar refractivity (Wildman–Crippen MR) is 91.3 cm³/mol. The molecule has 0 bridgehead atoms. The monoisotopic (exact) mass is 356 g/mol. The number of hydrogen-bond acceptors (Lipinski definition) is 5. The Morgan fingerprint density at radius 1 is 1.46 bits per heavy atom. The molecule has 1 aromatic rings. The van der Waals surface area contributed by atoms with Crippen molar-refractivity contribution in [3.8, 4) is 0 Å². The minimum Gasteiger partial charge on any atom is -0.341 e. The first-order valence-electron chi connectivity index (χ1n) is 7.46. The van der Waals surface area contributed by atoms with Crippen LogP contribution in [-0.2, 0) is 4.79 Å². The third-order valence-corrected chi connectivity index (χ3v) is 3.82. The molecule has 1 unspecified atom stereocenters. The molecule has 1 aromatic carbocycles. The summed E-state index contributed by atoms with van der Waals surface area (Å²) >= 11 is 0. The average molecular weight is 357 g/mol. The zero-order valence-electron chi connectivity index (χ0n) is 13.5. The lowest BCUT2D eigenvalue weighted by atomic mass is 10.1. The van der Waals surface area contributed by atoms with E-state index in [0.717, 1.165) is 13.1 Å². The quantitative estimate of drug-likeness (QED) is 0.617. The summed E-state index contributed by atoms with van der Waals surface area (Å²) in [7, 11) is 0. The summed E-state index contributed by atoms with van der Waals surface area (Å²) < 4.78 is 0. The summed E-state index contributed by atoms with van der Waals surface area (Å²) in [5.41, 5.74) is -0.000402. The van der Waals surface area contributed by atoms with Crippen molar-refractivity contribution in [2.24, 2.45) is 0 Å². The molecule has 1 aliphatic heterocycles. The summed E-state index contributed by atoms with van der Waals surface area (Å²) in [4.78, 5) is 36.5. The highest BCUT2D eigenvalue weighted by molar-refractivity contribution is 5.97. The summed E-state index contributed by atoms with van der Waals surface area (Å²) in [5.74, 6) is -0.657. The Kier molecular flexibility index (Phi) is 7.12. The summed E-state index contributed by atoms with van der Waals surface area (Å²) in [6.45, 7) is 5.60. The highest BCUT2D eigenvalue weighted by Crippen LogP contribution is 2.13. The van der Waals surface area contributed by atoms with E-state index >= 15 is 0 Å². The first-order chi connectivity index (χ1) is 10.9. The Balaban J connectivity index is 0.00000288. The number of piperazine rings is 1. The summed E-state index contributed by atoms with van der Waals surface area (Å²) in [5, 5.41) is 16.6. The molecule has 2 atom stereocenters. The van der Waals surface area contributed by atoms with Crippen molar-refractivity contribution >= 4 is 29.9 Å². The summed E-state index contributed by atoms with van der Waals surface area (Å²) in [6.07, 6.45) is 0. The molecule has 1 heterocycles. The lowest BCUT2D eigenvalue weighted by Gasteiger charge is -2.35. The van der Waals surface area contributed by atoms with Gasteiger partial charge in [-0.25, -0.2) is 0 Å². The number of nitrogens with zero attached hydrogens (tertiary/aromatic N) is 2. The van der Waals surface area contributed by atoms with Gasteiger partial charge in [0.15, 0.2) is 0 Å². The lowest BCUT2D eigenvalue weighted by molar-refractivity contribution is -0.384. The van der Waals surface area contributed by atoms with Crippen LogP contribution in [0.25, 0.3) is 0 Å². The van der Waals surface area contributed by atoms with Crippen molar-refractivity contribution in [2.75, 3.05) is 19.6 Å². The molecule has 0 spiro atoms. The van der Waals surface area contributed by atoms with Gasteiger partial charge in [-0.05, 0) is 19.9 Å². The van der Waals surface area contributed by atoms with Gasteiger partial charge in [-0.3, -0.25) is 19.7 Å². The predicted octanol–water partition coefficient (Wildman–Crippen LogP) is 0.955. The molecule has 2 amide bonds. The van der Waals surface area contributed by atoms with E-state index in [1.165, 1.54) is 24.3 Å². The van der Waals surface area contributed by atoms with Crippen LogP contribution in [0.3, 0.4) is 0 Å². The van der Waals surface area contributed by atoms with Crippen LogP contribution < -0.4 is 10.6 Å². The van der Waals surface area contributed by atoms with E-state index in [1.807, 2.05) is 6.92 Å². The van der Waals surface area contributed by atoms with Crippen molar-refractivity contribution in [3.63, 3.8) is 0 Å². The topological polar surface area (TPSA) is 105 Å². The second-order valence-electron chi connectivity index (χ2n) is 5.59. The SMILES string of the molecule is CC(NC(=O)c1cccc([N+](=O)[O-])c1)C(=O)N1CCNC[C@H]1C.Cl. The van der Waals surface area contributed by atoms with Gasteiger partial charge >= 0.3 is 0 Å². The molecular weight excluding hydrogens is 336 g/mol. The molecule has 0 aromatic heterocycles. The fourth-order valence-electron chi connectivity index (χ4n) is 2.52. The van der Waals surface area contributed by atoms with Gasteiger partial charge in [0.25, 0.3) is 11.6 Å². The van der Waals surface area contributed by atoms with Crippen molar-refractivity contribution in [3.05, 3.63) is 39.9 Å². The molecule has 1 aliphatic rings. The fourth-order valence-corrected chi connectivity index (χ4v) is 2.52. The Hall–Kier alpha value is -2.19. The van der Waals surface area contributed by atoms with Crippen LogP contribution in [0.5, 0.6) is 0 Å². The Bertz CT molecular complexity index is 625. The van der Waals surface area contributed by atoms with E-state index in [1.54, 1.807) is 11.8 Å². The number of benzene rings is 1. The zero-order chi connectivity index (χ0) is 17.0. The van der Waals surface area contributed by atoms with Gasteiger partial charge < -0.3 is 15.5 Å². The van der Waals surface area contributed by atoms with Gasteiger partial charge in [-0.2, -0.15) is 0 Å². The largest absolute Gasteiger partial charge is 0.341 e. The molecule has 0 aliphatic carbocycles. The number of nitro benzene ring substituents is 1. The molecule has 132 valence electrons. The van der Waals surface area contributed by atoms with Crippen LogP contribution in [0, 0.1) is 10.1 Å². The second-order valence-corrected chi connectivity index (χ2v) is 5.59. The van der Waals surface area contributed by atoms with E-state index in [4.69, 9.17) is 0 Å². The smallest absolute Gasteiger partial charge is 0.270 e. The van der Waals surface area contributed by atoms with Gasteiger partial charge in [0.05, 0.1) is 4.92 Å². The number of amides is 2. The van der Waals surface area contributed by atoms with Gasteiger partial charge in [0.2, 0.25) is 5.91 Å². The van der Waals surface area contributed by atoms with Crippen LogP contribution in [0.4, 0.5) is 5.69 Å². The van der Waals surface area contributed by atoms with E-state index in [0.29, 0.717) is 6.54 Å². The average Bonchev–Trinajstić information content (AvgIpc) is 2.54. The zero-order valence-corrected chi connectivity index (χ0v) is 14.3. The van der Waals surface area contributed by atoms with Crippen molar-refractivity contribution in [1.82, 2.24) is 15.5 Å². The maximum Gasteiger partial charge on any atom is 0.270 e. The highest BCUT2D eigenvalue weighted by atomic mass is 35.5. The van der Waals surface area contributed by atoms with Gasteiger partial charge in [-0.15, -0.1) is 12.4 Å². The van der Waals surface area contributed by atoms with E-state index in [-0.39, 0.29) is 35.6 Å². The number of rotatable bonds is 4. The van der Waals surface area contributed by atoms with Crippen molar-refractivity contribution in [1.29, 1.82) is 0 Å². The van der Waals surface area contributed by atoms with E-state index in [2.05, 4.69) is 10.6 Å². The van der Waals surface area contributed by atoms with Crippen LogP contribution in [0.1, 0.15) is 24.2 Å². The molecule has 1 saturated heterocycles. The maximum atomic E-state index is 12.4. The lowest BCUT2D eigenvalue weighted by Crippen LogP contribution is -2.57. The molecule has 0 radical (unpaired) electrons. The normalized spacial score (nSPS) is 18.2. The fraction of sp³-hybridized carbons (Fsp3) is 0.467. The first-order valence-corrected chi connectivity index (χ1v) is 7.46. The van der Waals surface area contributed by atoms with Crippen LogP contribution in [0.2, 0.25) is 0 Å². The molecule has 1 fully saturated rings. The number of non-ortho nitro benzene ring substituents is 1.